The van der Waals surface area contributed by atoms with Gasteiger partial charge in [0.25, 0.3) is 0 Å². The first kappa shape index (κ1) is 18.6. The van der Waals surface area contributed by atoms with Gasteiger partial charge in [0.2, 0.25) is 0 Å². The molecule has 0 aromatic heterocycles. The lowest BCUT2D eigenvalue weighted by atomic mass is 9.58. The van der Waals surface area contributed by atoms with E-state index in [1.54, 1.807) is 19.9 Å². The Morgan fingerprint density at radius 1 is 1.26 bits per heavy atom. The van der Waals surface area contributed by atoms with E-state index in [0.29, 0.717) is 0 Å². The Bertz CT molecular complexity index is 580. The second-order valence-corrected chi connectivity index (χ2v) is 9.49. The minimum atomic E-state index is -3.61. The molecule has 0 bridgehead atoms. The lowest BCUT2D eigenvalue weighted by molar-refractivity contribution is -0.122. The van der Waals surface area contributed by atoms with Gasteiger partial charge < -0.3 is 9.05 Å². The molecule has 0 N–H and O–H groups in total. The molecule has 0 saturated heterocycles. The quantitative estimate of drug-likeness (QED) is 0.535. The second kappa shape index (κ2) is 6.31. The number of rotatable bonds is 5. The van der Waals surface area contributed by atoms with Crippen LogP contribution in [0.3, 0.4) is 0 Å². The van der Waals surface area contributed by atoms with Crippen LogP contribution in [0.4, 0.5) is 0 Å². The van der Waals surface area contributed by atoms with Crippen molar-refractivity contribution in [2.75, 3.05) is 13.2 Å². The topological polar surface area (TPSA) is 52.6 Å². The molecule has 0 saturated carbocycles. The average molecular weight is 340 g/mol. The van der Waals surface area contributed by atoms with Crippen LogP contribution in [-0.2, 0) is 18.4 Å². The van der Waals surface area contributed by atoms with Gasteiger partial charge in [-0.05, 0) is 50.5 Å². The number of hydrogen-bond donors (Lipinski definition) is 0. The van der Waals surface area contributed by atoms with Crippen LogP contribution in [0.5, 0.6) is 0 Å². The summed E-state index contributed by atoms with van der Waals surface area (Å²) in [5, 5.41) is -1.13. The number of carbonyl (C=O) groups excluding carboxylic acids is 1. The van der Waals surface area contributed by atoms with Crippen LogP contribution in [0.15, 0.2) is 23.8 Å². The number of hydrogen-bond acceptors (Lipinski definition) is 4. The van der Waals surface area contributed by atoms with Gasteiger partial charge in [-0.3, -0.25) is 9.36 Å². The van der Waals surface area contributed by atoms with Crippen LogP contribution in [0.2, 0.25) is 0 Å². The highest BCUT2D eigenvalue weighted by molar-refractivity contribution is 7.57. The van der Waals surface area contributed by atoms with Crippen LogP contribution < -0.4 is 0 Å². The predicted molar refractivity (Wildman–Crippen MR) is 92.5 cm³/mol. The number of fused-ring (bicyclic) bond motifs is 1. The normalized spacial score (nSPS) is 33.3. The van der Waals surface area contributed by atoms with E-state index in [0.717, 1.165) is 6.42 Å². The largest absolute Gasteiger partial charge is 0.345 e. The summed E-state index contributed by atoms with van der Waals surface area (Å²) in [4.78, 5) is 13.1. The molecule has 0 amide bonds. The van der Waals surface area contributed by atoms with E-state index in [4.69, 9.17) is 9.05 Å². The summed E-state index contributed by atoms with van der Waals surface area (Å²) in [6.07, 6.45) is 6.34. The highest BCUT2D eigenvalue weighted by atomic mass is 31.2. The molecule has 0 heterocycles. The van der Waals surface area contributed by atoms with E-state index < -0.39 is 12.8 Å². The Hall–Kier alpha value is -0.700. The third-order valence-corrected chi connectivity index (χ3v) is 8.34. The maximum atomic E-state index is 13.8. The molecule has 4 nitrogen and oxygen atoms in total. The van der Waals surface area contributed by atoms with Gasteiger partial charge in [-0.1, -0.05) is 38.5 Å². The molecule has 2 aliphatic rings. The van der Waals surface area contributed by atoms with Crippen molar-refractivity contribution in [1.82, 2.24) is 0 Å². The molecule has 23 heavy (non-hydrogen) atoms. The first-order chi connectivity index (χ1) is 10.7. The Morgan fingerprint density at radius 2 is 1.83 bits per heavy atom. The van der Waals surface area contributed by atoms with Crippen LogP contribution >= 0.6 is 7.60 Å². The van der Waals surface area contributed by atoms with Crippen LogP contribution in [-0.4, -0.2) is 24.2 Å². The number of carbonyl (C=O) groups is 1. The van der Waals surface area contributed by atoms with Crippen molar-refractivity contribution in [3.05, 3.63) is 23.8 Å². The van der Waals surface area contributed by atoms with Crippen LogP contribution in [0, 0.1) is 17.3 Å². The minimum absolute atomic E-state index is 0.101. The van der Waals surface area contributed by atoms with E-state index in [2.05, 4.69) is 26.8 Å². The fourth-order valence-corrected chi connectivity index (χ4v) is 7.25. The molecule has 3 atom stereocenters. The monoisotopic (exact) mass is 340 g/mol. The maximum Gasteiger partial charge on any atom is 0.345 e. The van der Waals surface area contributed by atoms with Crippen LogP contribution in [0.1, 0.15) is 48.0 Å². The summed E-state index contributed by atoms with van der Waals surface area (Å²) in [5.41, 5.74) is 0.982. The summed E-state index contributed by atoms with van der Waals surface area (Å²) in [7, 11) is -3.61. The maximum absolute atomic E-state index is 13.8. The number of ketones is 1. The van der Waals surface area contributed by atoms with Crippen molar-refractivity contribution >= 4 is 13.4 Å². The fraction of sp³-hybridized carbons (Fsp3) is 0.722. The van der Waals surface area contributed by atoms with Gasteiger partial charge >= 0.3 is 7.60 Å². The lowest BCUT2D eigenvalue weighted by Gasteiger charge is -2.54. The van der Waals surface area contributed by atoms with Crippen molar-refractivity contribution in [2.45, 2.75) is 53.1 Å². The number of allylic oxidation sites excluding steroid dienone is 4. The van der Waals surface area contributed by atoms with Gasteiger partial charge in [0.1, 0.15) is 5.16 Å². The smallest absolute Gasteiger partial charge is 0.308 e. The Balaban J connectivity index is 2.75. The molecular weight excluding hydrogens is 311 g/mol. The highest BCUT2D eigenvalue weighted by Gasteiger charge is 2.67. The van der Waals surface area contributed by atoms with E-state index in [1.807, 2.05) is 13.0 Å². The van der Waals surface area contributed by atoms with Crippen molar-refractivity contribution in [3.63, 3.8) is 0 Å². The summed E-state index contributed by atoms with van der Waals surface area (Å²) in [5.74, 6) is -0.415. The third kappa shape index (κ3) is 2.69. The summed E-state index contributed by atoms with van der Waals surface area (Å²) < 4.78 is 25.2. The van der Waals surface area contributed by atoms with Crippen molar-refractivity contribution in [3.8, 4) is 0 Å². The van der Waals surface area contributed by atoms with Gasteiger partial charge in [0.15, 0.2) is 5.78 Å². The lowest BCUT2D eigenvalue weighted by Crippen LogP contribution is -2.58. The second-order valence-electron chi connectivity index (χ2n) is 7.24. The van der Waals surface area contributed by atoms with E-state index in [1.165, 1.54) is 5.57 Å². The van der Waals surface area contributed by atoms with Gasteiger partial charge in [-0.15, -0.1) is 0 Å². The minimum Gasteiger partial charge on any atom is -0.308 e. The van der Waals surface area contributed by atoms with E-state index in [-0.39, 0.29) is 36.2 Å². The van der Waals surface area contributed by atoms with Gasteiger partial charge in [-0.25, -0.2) is 0 Å². The van der Waals surface area contributed by atoms with E-state index >= 15 is 0 Å². The van der Waals surface area contributed by atoms with Gasteiger partial charge in [0, 0.05) is 0 Å². The van der Waals surface area contributed by atoms with Crippen molar-refractivity contribution < 1.29 is 18.4 Å². The molecule has 0 unspecified atom stereocenters. The molecule has 0 aliphatic heterocycles. The zero-order chi connectivity index (χ0) is 17.5. The molecule has 0 aromatic rings. The molecule has 130 valence electrons. The molecule has 5 heteroatoms. The summed E-state index contributed by atoms with van der Waals surface area (Å²) >= 11 is 0. The van der Waals surface area contributed by atoms with Gasteiger partial charge in [0.05, 0.1) is 13.2 Å². The molecule has 0 spiro atoms. The third-order valence-electron chi connectivity index (χ3n) is 5.29. The van der Waals surface area contributed by atoms with E-state index in [9.17, 15) is 9.36 Å². The standard InChI is InChI=1S/C18H29O4P/c1-7-21-23(20,22-8-2)18-14(4)11-13(3)12-15(18)17(5,6)10-9-16(18)19/h9-11,14-15H,7-8,12H2,1-6H3/t14-,15-,18+/m1/s1. The molecule has 2 aliphatic carbocycles. The Labute approximate surface area is 139 Å². The fourth-order valence-electron chi connectivity index (χ4n) is 4.35. The zero-order valence-electron chi connectivity index (χ0n) is 15.1. The predicted octanol–water partition coefficient (Wildman–Crippen LogP) is 4.76. The Kier molecular flexibility index (Phi) is 5.11. The average Bonchev–Trinajstić information content (AvgIpc) is 2.43. The molecular formula is C18H29O4P. The highest BCUT2D eigenvalue weighted by Crippen LogP contribution is 2.72. The molecule has 2 rings (SSSR count). The van der Waals surface area contributed by atoms with Crippen molar-refractivity contribution in [1.29, 1.82) is 0 Å². The van der Waals surface area contributed by atoms with Crippen molar-refractivity contribution in [2.24, 2.45) is 17.3 Å². The molecule has 0 fully saturated rings. The van der Waals surface area contributed by atoms with Crippen LogP contribution in [0.25, 0.3) is 0 Å². The summed E-state index contributed by atoms with van der Waals surface area (Å²) in [6, 6.07) is 0. The van der Waals surface area contributed by atoms with Gasteiger partial charge in [-0.2, -0.15) is 0 Å². The first-order valence-corrected chi connectivity index (χ1v) is 10.00. The molecule has 0 aromatic carbocycles. The summed E-state index contributed by atoms with van der Waals surface area (Å²) in [6.45, 7) is 12.3. The zero-order valence-corrected chi connectivity index (χ0v) is 16.0. The molecule has 0 radical (unpaired) electrons. The first-order valence-electron chi connectivity index (χ1n) is 8.45. The SMILES string of the molecule is CCOP(=O)(OCC)[C@]12C(=O)C=CC(C)(C)[C@H]1CC(C)=C[C@H]2C. The Morgan fingerprint density at radius 3 is 2.35 bits per heavy atom.